The molecule has 0 radical (unpaired) electrons. The van der Waals surface area contributed by atoms with Crippen LogP contribution in [0.15, 0.2) is 36.8 Å². The Morgan fingerprint density at radius 1 is 1.05 bits per heavy atom. The van der Waals surface area contributed by atoms with Crippen molar-refractivity contribution in [3.05, 3.63) is 59.6 Å². The average molecular weight is 519 g/mol. The molecule has 0 atom stereocenters. The highest BCUT2D eigenvalue weighted by atomic mass is 19.4. The molecule has 1 N–H and O–H groups in total. The first-order valence-electron chi connectivity index (χ1n) is 11.0. The summed E-state index contributed by atoms with van der Waals surface area (Å²) in [5.74, 6) is -5.27. The maximum Gasteiger partial charge on any atom is 0.419 e. The summed E-state index contributed by atoms with van der Waals surface area (Å²) in [6.45, 7) is 1.64. The third kappa shape index (κ3) is 4.27. The average Bonchev–Trinajstić information content (AvgIpc) is 3.22. The highest BCUT2D eigenvalue weighted by Crippen LogP contribution is 2.41. The number of phenolic OH excluding ortho intramolecular Hbond substituents is 1. The van der Waals surface area contributed by atoms with Gasteiger partial charge in [0.15, 0.2) is 23.0 Å². The molecular weight excluding hydrogens is 501 g/mol. The zero-order valence-corrected chi connectivity index (χ0v) is 19.2. The van der Waals surface area contributed by atoms with Crippen molar-refractivity contribution in [3.63, 3.8) is 0 Å². The van der Waals surface area contributed by atoms with Crippen LogP contribution in [-0.4, -0.2) is 66.8 Å². The summed E-state index contributed by atoms with van der Waals surface area (Å²) >= 11 is 0. The number of carbonyl (C=O) groups excluding carboxylic acids is 1. The second kappa shape index (κ2) is 8.94. The summed E-state index contributed by atoms with van der Waals surface area (Å²) in [5.41, 5.74) is -2.13. The summed E-state index contributed by atoms with van der Waals surface area (Å²) in [6.07, 6.45) is -0.809. The number of benzene rings is 1. The normalized spacial score (nSPS) is 14.4. The number of hydrogen-bond donors (Lipinski definition) is 1. The van der Waals surface area contributed by atoms with Crippen LogP contribution in [0.1, 0.15) is 15.9 Å². The summed E-state index contributed by atoms with van der Waals surface area (Å²) in [7, 11) is 1.46. The van der Waals surface area contributed by atoms with Gasteiger partial charge in [0.25, 0.3) is 5.91 Å². The van der Waals surface area contributed by atoms with Crippen LogP contribution in [0.3, 0.4) is 0 Å². The Hall–Kier alpha value is -4.36. The van der Waals surface area contributed by atoms with Gasteiger partial charge >= 0.3 is 6.18 Å². The van der Waals surface area contributed by atoms with Gasteiger partial charge in [0.05, 0.1) is 10.9 Å². The first-order valence-corrected chi connectivity index (χ1v) is 11.0. The second-order valence-electron chi connectivity index (χ2n) is 8.34. The molecule has 0 saturated carbocycles. The van der Waals surface area contributed by atoms with E-state index in [-0.39, 0.29) is 34.6 Å². The van der Waals surface area contributed by atoms with Crippen molar-refractivity contribution in [2.75, 3.05) is 31.1 Å². The van der Waals surface area contributed by atoms with Gasteiger partial charge in [-0.05, 0) is 18.2 Å². The minimum atomic E-state index is -5.17. The summed E-state index contributed by atoms with van der Waals surface area (Å²) < 4.78 is 69.6. The van der Waals surface area contributed by atoms with Crippen LogP contribution in [-0.2, 0) is 13.2 Å². The summed E-state index contributed by atoms with van der Waals surface area (Å²) in [6, 6.07) is 3.53. The maximum atomic E-state index is 14.7. The number of halogens is 5. The van der Waals surface area contributed by atoms with Gasteiger partial charge < -0.3 is 14.9 Å². The van der Waals surface area contributed by atoms with Crippen LogP contribution in [0.25, 0.3) is 22.3 Å². The number of phenols is 1. The second-order valence-corrected chi connectivity index (χ2v) is 8.34. The largest absolute Gasteiger partial charge is 0.503 e. The number of nitrogens with zero attached hydrogens (tertiary/aromatic N) is 7. The number of alkyl halides is 3. The number of aromatic hydroxyl groups is 1. The molecule has 0 bridgehead atoms. The van der Waals surface area contributed by atoms with E-state index in [1.807, 2.05) is 4.90 Å². The quantitative estimate of drug-likeness (QED) is 0.414. The monoisotopic (exact) mass is 519 g/mol. The van der Waals surface area contributed by atoms with Crippen LogP contribution in [0.4, 0.5) is 27.9 Å². The molecule has 5 rings (SSSR count). The van der Waals surface area contributed by atoms with E-state index in [0.29, 0.717) is 31.7 Å². The number of aromatic nitrogens is 5. The fourth-order valence-corrected chi connectivity index (χ4v) is 4.17. The lowest BCUT2D eigenvalue weighted by Crippen LogP contribution is -2.49. The van der Waals surface area contributed by atoms with E-state index in [2.05, 4.69) is 20.1 Å². The number of fused-ring (bicyclic) bond motifs is 1. The van der Waals surface area contributed by atoms with Gasteiger partial charge in [0.1, 0.15) is 5.69 Å². The van der Waals surface area contributed by atoms with Crippen molar-refractivity contribution in [1.29, 1.82) is 0 Å². The third-order valence-electron chi connectivity index (χ3n) is 6.08. The Morgan fingerprint density at radius 3 is 2.38 bits per heavy atom. The van der Waals surface area contributed by atoms with Crippen LogP contribution < -0.4 is 4.90 Å². The van der Waals surface area contributed by atoms with Crippen molar-refractivity contribution in [2.24, 2.45) is 7.05 Å². The number of hydrogen-bond acceptors (Lipinski definition) is 7. The molecular formula is C23H18F5N7O2. The summed E-state index contributed by atoms with van der Waals surface area (Å²) in [5, 5.41) is 13.8. The predicted molar refractivity (Wildman–Crippen MR) is 121 cm³/mol. The molecule has 1 amide bonds. The lowest BCUT2D eigenvalue weighted by molar-refractivity contribution is -0.140. The minimum Gasteiger partial charge on any atom is -0.503 e. The number of rotatable bonds is 3. The molecule has 1 aliphatic rings. The Bertz CT molecular complexity index is 1500. The molecule has 14 heteroatoms. The lowest BCUT2D eigenvalue weighted by atomic mass is 10.0. The topological polar surface area (TPSA) is 100 Å². The fourth-order valence-electron chi connectivity index (χ4n) is 4.17. The van der Waals surface area contributed by atoms with Crippen molar-refractivity contribution in [3.8, 4) is 17.0 Å². The molecule has 0 unspecified atom stereocenters. The van der Waals surface area contributed by atoms with Gasteiger partial charge in [-0.2, -0.15) is 23.3 Å². The molecule has 4 aromatic rings. The molecule has 0 aliphatic carbocycles. The Labute approximate surface area is 205 Å². The molecule has 1 aromatic carbocycles. The SMILES string of the molecule is Cn1nc(-c2cc(C(F)(F)F)c(F)c(O)c2F)c2cnc(N3CCN(C(=O)c4ccncc4)CC3)nc21. The molecule has 1 saturated heterocycles. The number of amides is 1. The van der Waals surface area contributed by atoms with Crippen molar-refractivity contribution < 1.29 is 31.9 Å². The van der Waals surface area contributed by atoms with Crippen LogP contribution in [0.5, 0.6) is 5.75 Å². The van der Waals surface area contributed by atoms with Gasteiger partial charge in [-0.3, -0.25) is 9.78 Å². The van der Waals surface area contributed by atoms with E-state index in [9.17, 15) is 31.9 Å². The number of piperazine rings is 1. The zero-order valence-electron chi connectivity index (χ0n) is 19.2. The van der Waals surface area contributed by atoms with Crippen LogP contribution in [0, 0.1) is 11.6 Å². The van der Waals surface area contributed by atoms with Crippen LogP contribution >= 0.6 is 0 Å². The number of pyridine rings is 1. The number of aryl methyl sites for hydroxylation is 1. The molecule has 9 nitrogen and oxygen atoms in total. The number of carbonyl (C=O) groups is 1. The molecule has 1 aliphatic heterocycles. The lowest BCUT2D eigenvalue weighted by Gasteiger charge is -2.34. The standard InChI is InChI=1S/C23H18F5N7O2/c1-33-20-14(18(32-33)13-10-15(23(26,27)28)17(25)19(36)16(13)24)11-30-22(31-20)35-8-6-34(7-9-35)21(37)12-2-4-29-5-3-12/h2-5,10-11,36H,6-9H2,1H3. The molecule has 4 heterocycles. The van der Waals surface area contributed by atoms with E-state index < -0.39 is 34.7 Å². The minimum absolute atomic E-state index is 0.107. The highest BCUT2D eigenvalue weighted by molar-refractivity contribution is 5.94. The Balaban J connectivity index is 1.44. The van der Waals surface area contributed by atoms with Gasteiger partial charge in [-0.15, -0.1) is 0 Å². The van der Waals surface area contributed by atoms with E-state index in [0.717, 1.165) is 0 Å². The van der Waals surface area contributed by atoms with Gasteiger partial charge in [0, 0.05) is 62.9 Å². The van der Waals surface area contributed by atoms with Crippen molar-refractivity contribution in [1.82, 2.24) is 29.6 Å². The van der Waals surface area contributed by atoms with E-state index in [1.165, 1.54) is 30.3 Å². The molecule has 37 heavy (non-hydrogen) atoms. The third-order valence-corrected chi connectivity index (χ3v) is 6.08. The predicted octanol–water partition coefficient (Wildman–Crippen LogP) is 3.39. The van der Waals surface area contributed by atoms with Gasteiger partial charge in [-0.1, -0.05) is 0 Å². The van der Waals surface area contributed by atoms with E-state index in [4.69, 9.17) is 0 Å². The Kier molecular flexibility index (Phi) is 5.88. The van der Waals surface area contributed by atoms with E-state index >= 15 is 0 Å². The maximum absolute atomic E-state index is 14.7. The molecule has 192 valence electrons. The number of anilines is 1. The van der Waals surface area contributed by atoms with Crippen molar-refractivity contribution in [2.45, 2.75) is 6.18 Å². The Morgan fingerprint density at radius 2 is 1.73 bits per heavy atom. The first-order chi connectivity index (χ1) is 17.6. The molecule has 3 aromatic heterocycles. The van der Waals surface area contributed by atoms with Gasteiger partial charge in [-0.25, -0.2) is 18.4 Å². The summed E-state index contributed by atoms with van der Waals surface area (Å²) in [4.78, 5) is 28.8. The first kappa shape index (κ1) is 24.3. The fraction of sp³-hybridized carbons (Fsp3) is 0.261. The molecule has 1 fully saturated rings. The van der Waals surface area contributed by atoms with Crippen LogP contribution in [0.2, 0.25) is 0 Å². The molecule has 0 spiro atoms. The highest BCUT2D eigenvalue weighted by Gasteiger charge is 2.38. The zero-order chi connectivity index (χ0) is 26.5. The van der Waals surface area contributed by atoms with E-state index in [1.54, 1.807) is 17.0 Å². The van der Waals surface area contributed by atoms with Gasteiger partial charge in [0.2, 0.25) is 5.95 Å². The smallest absolute Gasteiger partial charge is 0.419 e. The van der Waals surface area contributed by atoms with Crippen molar-refractivity contribution >= 4 is 22.9 Å².